The van der Waals surface area contributed by atoms with Gasteiger partial charge in [0.25, 0.3) is 0 Å². The standard InChI is InChI=1S/C13H23F3N2O2/c1-9(7-17-2)12(19)18-10-4-3-5-11(6-10)20-8-13(14,15)16/h9-11,17H,3-8H2,1-2H3,(H,18,19). The maximum atomic E-state index is 12.1. The van der Waals surface area contributed by atoms with E-state index < -0.39 is 18.9 Å². The summed E-state index contributed by atoms with van der Waals surface area (Å²) in [5, 5.41) is 5.81. The second kappa shape index (κ2) is 7.83. The number of alkyl halides is 3. The van der Waals surface area contributed by atoms with Crippen molar-refractivity contribution in [2.45, 2.75) is 50.9 Å². The highest BCUT2D eigenvalue weighted by Crippen LogP contribution is 2.24. The van der Waals surface area contributed by atoms with E-state index in [1.165, 1.54) is 0 Å². The summed E-state index contributed by atoms with van der Waals surface area (Å²) in [6.07, 6.45) is -2.08. The van der Waals surface area contributed by atoms with Crippen LogP contribution in [0.1, 0.15) is 32.6 Å². The largest absolute Gasteiger partial charge is 0.411 e. The highest BCUT2D eigenvalue weighted by Gasteiger charge is 2.31. The highest BCUT2D eigenvalue weighted by molar-refractivity contribution is 5.78. The van der Waals surface area contributed by atoms with Gasteiger partial charge in [0, 0.05) is 18.5 Å². The molecule has 3 unspecified atom stereocenters. The molecule has 0 radical (unpaired) electrons. The van der Waals surface area contributed by atoms with E-state index in [1.54, 1.807) is 7.05 Å². The number of nitrogens with one attached hydrogen (secondary N) is 2. The molecule has 0 saturated heterocycles. The molecule has 1 fully saturated rings. The van der Waals surface area contributed by atoms with Crippen LogP contribution in [0.15, 0.2) is 0 Å². The lowest BCUT2D eigenvalue weighted by atomic mass is 9.92. The molecule has 118 valence electrons. The predicted octanol–water partition coefficient (Wildman–Crippen LogP) is 1.85. The second-order valence-corrected chi connectivity index (χ2v) is 5.38. The first-order valence-electron chi connectivity index (χ1n) is 6.95. The van der Waals surface area contributed by atoms with E-state index in [4.69, 9.17) is 4.74 Å². The van der Waals surface area contributed by atoms with Crippen molar-refractivity contribution in [3.8, 4) is 0 Å². The monoisotopic (exact) mass is 296 g/mol. The Kier molecular flexibility index (Phi) is 6.75. The minimum Gasteiger partial charge on any atom is -0.369 e. The van der Waals surface area contributed by atoms with Crippen LogP contribution >= 0.6 is 0 Å². The fourth-order valence-electron chi connectivity index (χ4n) is 2.38. The van der Waals surface area contributed by atoms with E-state index in [-0.39, 0.29) is 17.9 Å². The van der Waals surface area contributed by atoms with Crippen LogP contribution in [0, 0.1) is 5.92 Å². The summed E-state index contributed by atoms with van der Waals surface area (Å²) < 4.78 is 41.2. The Morgan fingerprint density at radius 3 is 2.70 bits per heavy atom. The molecule has 0 spiro atoms. The molecule has 1 aliphatic rings. The summed E-state index contributed by atoms with van der Waals surface area (Å²) >= 11 is 0. The molecule has 0 heterocycles. The number of carbonyl (C=O) groups is 1. The van der Waals surface area contributed by atoms with E-state index in [9.17, 15) is 18.0 Å². The first-order chi connectivity index (χ1) is 9.31. The van der Waals surface area contributed by atoms with Gasteiger partial charge >= 0.3 is 6.18 Å². The Bertz CT molecular complexity index is 310. The first kappa shape index (κ1) is 17.2. The van der Waals surface area contributed by atoms with E-state index >= 15 is 0 Å². The molecular weight excluding hydrogens is 273 g/mol. The molecular formula is C13H23F3N2O2. The third-order valence-corrected chi connectivity index (χ3v) is 3.41. The highest BCUT2D eigenvalue weighted by atomic mass is 19.4. The van der Waals surface area contributed by atoms with Crippen molar-refractivity contribution in [2.24, 2.45) is 5.92 Å². The normalized spacial score (nSPS) is 25.2. The van der Waals surface area contributed by atoms with E-state index in [1.807, 2.05) is 6.92 Å². The molecule has 0 aliphatic heterocycles. The number of carbonyl (C=O) groups excluding carboxylic acids is 1. The van der Waals surface area contributed by atoms with Gasteiger partial charge in [0.15, 0.2) is 0 Å². The van der Waals surface area contributed by atoms with E-state index in [0.717, 1.165) is 12.8 Å². The molecule has 0 aromatic heterocycles. The van der Waals surface area contributed by atoms with Crippen molar-refractivity contribution in [2.75, 3.05) is 20.2 Å². The van der Waals surface area contributed by atoms with Crippen LogP contribution in [-0.2, 0) is 9.53 Å². The minimum absolute atomic E-state index is 0.0687. The van der Waals surface area contributed by atoms with Gasteiger partial charge in [0.05, 0.1) is 6.10 Å². The van der Waals surface area contributed by atoms with Crippen molar-refractivity contribution in [1.29, 1.82) is 0 Å². The quantitative estimate of drug-likeness (QED) is 0.786. The van der Waals surface area contributed by atoms with Crippen molar-refractivity contribution >= 4 is 5.91 Å². The van der Waals surface area contributed by atoms with Crippen LogP contribution < -0.4 is 10.6 Å². The summed E-state index contributed by atoms with van der Waals surface area (Å²) in [5.74, 6) is -0.225. The third kappa shape index (κ3) is 6.56. The smallest absolute Gasteiger partial charge is 0.369 e. The number of halogens is 3. The van der Waals surface area contributed by atoms with Gasteiger partial charge in [-0.15, -0.1) is 0 Å². The summed E-state index contributed by atoms with van der Waals surface area (Å²) in [4.78, 5) is 11.9. The van der Waals surface area contributed by atoms with Crippen LogP contribution in [0.2, 0.25) is 0 Å². The molecule has 1 aliphatic carbocycles. The van der Waals surface area contributed by atoms with Crippen molar-refractivity contribution < 1.29 is 22.7 Å². The molecule has 0 aromatic rings. The Labute approximate surface area is 117 Å². The van der Waals surface area contributed by atoms with Crippen LogP contribution in [-0.4, -0.2) is 44.4 Å². The average molecular weight is 296 g/mol. The Morgan fingerprint density at radius 1 is 1.40 bits per heavy atom. The molecule has 1 amide bonds. The SMILES string of the molecule is CNCC(C)C(=O)NC1CCCC(OCC(F)(F)F)C1. The van der Waals surface area contributed by atoms with Gasteiger partial charge in [-0.25, -0.2) is 0 Å². The second-order valence-electron chi connectivity index (χ2n) is 5.38. The number of hydrogen-bond donors (Lipinski definition) is 2. The fourth-order valence-corrected chi connectivity index (χ4v) is 2.38. The Morgan fingerprint density at radius 2 is 2.10 bits per heavy atom. The van der Waals surface area contributed by atoms with E-state index in [0.29, 0.717) is 19.4 Å². The lowest BCUT2D eigenvalue weighted by Gasteiger charge is -2.30. The van der Waals surface area contributed by atoms with Gasteiger partial charge in [0.2, 0.25) is 5.91 Å². The minimum atomic E-state index is -4.29. The molecule has 3 atom stereocenters. The summed E-state index contributed by atoms with van der Waals surface area (Å²) in [5.41, 5.74) is 0. The predicted molar refractivity (Wildman–Crippen MR) is 69.3 cm³/mol. The Balaban J connectivity index is 2.35. The Hall–Kier alpha value is -0.820. The number of hydrogen-bond acceptors (Lipinski definition) is 3. The van der Waals surface area contributed by atoms with Crippen molar-refractivity contribution in [3.63, 3.8) is 0 Å². The van der Waals surface area contributed by atoms with Crippen LogP contribution in [0.5, 0.6) is 0 Å². The lowest BCUT2D eigenvalue weighted by Crippen LogP contribution is -2.44. The molecule has 0 bridgehead atoms. The number of amides is 1. The zero-order valence-corrected chi connectivity index (χ0v) is 11.9. The van der Waals surface area contributed by atoms with Crippen molar-refractivity contribution in [3.05, 3.63) is 0 Å². The molecule has 0 aromatic carbocycles. The van der Waals surface area contributed by atoms with Gasteiger partial charge in [-0.05, 0) is 32.7 Å². The third-order valence-electron chi connectivity index (χ3n) is 3.41. The summed E-state index contributed by atoms with van der Waals surface area (Å²) in [6, 6.07) is -0.0891. The number of rotatable bonds is 6. The maximum Gasteiger partial charge on any atom is 0.411 e. The molecule has 2 N–H and O–H groups in total. The van der Waals surface area contributed by atoms with Gasteiger partial charge in [-0.3, -0.25) is 4.79 Å². The maximum absolute atomic E-state index is 12.1. The summed E-state index contributed by atoms with van der Waals surface area (Å²) in [6.45, 7) is 1.17. The van der Waals surface area contributed by atoms with Gasteiger partial charge in [0.1, 0.15) is 6.61 Å². The van der Waals surface area contributed by atoms with Crippen molar-refractivity contribution in [1.82, 2.24) is 10.6 Å². The van der Waals surface area contributed by atoms with Crippen LogP contribution in [0.3, 0.4) is 0 Å². The summed E-state index contributed by atoms with van der Waals surface area (Å²) in [7, 11) is 1.77. The van der Waals surface area contributed by atoms with Gasteiger partial charge in [-0.2, -0.15) is 13.2 Å². The van der Waals surface area contributed by atoms with Crippen LogP contribution in [0.4, 0.5) is 13.2 Å². The molecule has 1 rings (SSSR count). The first-order valence-corrected chi connectivity index (χ1v) is 6.95. The average Bonchev–Trinajstić information content (AvgIpc) is 2.36. The topological polar surface area (TPSA) is 50.4 Å². The zero-order valence-electron chi connectivity index (χ0n) is 11.9. The van der Waals surface area contributed by atoms with Crippen LogP contribution in [0.25, 0.3) is 0 Å². The lowest BCUT2D eigenvalue weighted by molar-refractivity contribution is -0.188. The van der Waals surface area contributed by atoms with Gasteiger partial charge in [-0.1, -0.05) is 6.92 Å². The molecule has 20 heavy (non-hydrogen) atoms. The fraction of sp³-hybridized carbons (Fsp3) is 0.923. The van der Waals surface area contributed by atoms with Gasteiger partial charge < -0.3 is 15.4 Å². The zero-order chi connectivity index (χ0) is 15.2. The van der Waals surface area contributed by atoms with E-state index in [2.05, 4.69) is 10.6 Å². The molecule has 4 nitrogen and oxygen atoms in total. The molecule has 1 saturated carbocycles. The molecule has 7 heteroatoms. The number of ether oxygens (including phenoxy) is 1.